The lowest BCUT2D eigenvalue weighted by Gasteiger charge is -2.37. The first-order valence-corrected chi connectivity index (χ1v) is 9.28. The maximum atomic E-state index is 12.1. The number of nitro groups is 1. The first-order valence-electron chi connectivity index (χ1n) is 7.67. The molecule has 2 aliphatic heterocycles. The lowest BCUT2D eigenvalue weighted by Crippen LogP contribution is -2.48. The van der Waals surface area contributed by atoms with E-state index in [4.69, 9.17) is 5.73 Å². The van der Waals surface area contributed by atoms with Gasteiger partial charge in [0.1, 0.15) is 5.69 Å². The maximum absolute atomic E-state index is 12.1. The van der Waals surface area contributed by atoms with E-state index in [-0.39, 0.29) is 17.5 Å². The van der Waals surface area contributed by atoms with Gasteiger partial charge in [-0.05, 0) is 31.4 Å². The number of benzene rings is 1. The molecule has 0 saturated carbocycles. The quantitative estimate of drug-likeness (QED) is 0.503. The SMILES string of the molecule is Nc1ccc([N+](=O)[O-])c(N2CCCC(N3CCCS3(=O)=O)C2)c1. The van der Waals surface area contributed by atoms with E-state index >= 15 is 0 Å². The molecule has 0 aromatic heterocycles. The molecular formula is C14H20N4O4S. The van der Waals surface area contributed by atoms with E-state index in [0.717, 1.165) is 12.8 Å². The third kappa shape index (κ3) is 3.11. The Morgan fingerprint density at radius 3 is 2.70 bits per heavy atom. The van der Waals surface area contributed by atoms with Crippen molar-refractivity contribution in [3.63, 3.8) is 0 Å². The molecule has 2 saturated heterocycles. The number of piperidine rings is 1. The fourth-order valence-electron chi connectivity index (χ4n) is 3.43. The average Bonchev–Trinajstić information content (AvgIpc) is 2.86. The number of sulfonamides is 1. The van der Waals surface area contributed by atoms with Crippen LogP contribution >= 0.6 is 0 Å². The second kappa shape index (κ2) is 5.97. The van der Waals surface area contributed by atoms with Crippen molar-refractivity contribution in [1.29, 1.82) is 0 Å². The number of rotatable bonds is 3. The van der Waals surface area contributed by atoms with Crippen LogP contribution in [-0.4, -0.2) is 49.1 Å². The molecule has 126 valence electrons. The molecule has 0 bridgehead atoms. The van der Waals surface area contributed by atoms with Gasteiger partial charge in [-0.25, -0.2) is 8.42 Å². The van der Waals surface area contributed by atoms with E-state index < -0.39 is 14.9 Å². The minimum Gasteiger partial charge on any atom is -0.399 e. The van der Waals surface area contributed by atoms with E-state index in [0.29, 0.717) is 37.4 Å². The smallest absolute Gasteiger partial charge is 0.292 e. The van der Waals surface area contributed by atoms with Crippen LogP contribution in [-0.2, 0) is 10.0 Å². The molecule has 23 heavy (non-hydrogen) atoms. The first kappa shape index (κ1) is 16.0. The zero-order chi connectivity index (χ0) is 16.6. The molecule has 0 amide bonds. The Labute approximate surface area is 135 Å². The van der Waals surface area contributed by atoms with Crippen LogP contribution in [0.3, 0.4) is 0 Å². The van der Waals surface area contributed by atoms with Gasteiger partial charge >= 0.3 is 0 Å². The van der Waals surface area contributed by atoms with Crippen molar-refractivity contribution in [2.24, 2.45) is 0 Å². The van der Waals surface area contributed by atoms with Crippen LogP contribution < -0.4 is 10.6 Å². The molecule has 2 aliphatic rings. The van der Waals surface area contributed by atoms with Gasteiger partial charge in [0.2, 0.25) is 10.0 Å². The summed E-state index contributed by atoms with van der Waals surface area (Å²) in [6.07, 6.45) is 2.23. The van der Waals surface area contributed by atoms with Gasteiger partial charge in [0.05, 0.1) is 10.7 Å². The third-order valence-electron chi connectivity index (χ3n) is 4.48. The number of nitrogens with zero attached hydrogens (tertiary/aromatic N) is 3. The Balaban J connectivity index is 1.87. The van der Waals surface area contributed by atoms with Crippen molar-refractivity contribution >= 4 is 27.1 Å². The van der Waals surface area contributed by atoms with Crippen molar-refractivity contribution in [2.45, 2.75) is 25.3 Å². The monoisotopic (exact) mass is 340 g/mol. The topological polar surface area (TPSA) is 110 Å². The van der Waals surface area contributed by atoms with Crippen LogP contribution in [0.2, 0.25) is 0 Å². The van der Waals surface area contributed by atoms with Gasteiger partial charge in [-0.3, -0.25) is 10.1 Å². The molecule has 1 unspecified atom stereocenters. The minimum atomic E-state index is -3.18. The van der Waals surface area contributed by atoms with Gasteiger partial charge in [-0.2, -0.15) is 4.31 Å². The number of anilines is 2. The summed E-state index contributed by atoms with van der Waals surface area (Å²) in [5, 5.41) is 11.2. The summed E-state index contributed by atoms with van der Waals surface area (Å²) >= 11 is 0. The van der Waals surface area contributed by atoms with Crippen molar-refractivity contribution < 1.29 is 13.3 Å². The van der Waals surface area contributed by atoms with Crippen molar-refractivity contribution in [3.05, 3.63) is 28.3 Å². The number of hydrogen-bond acceptors (Lipinski definition) is 6. The molecule has 1 aromatic carbocycles. The molecule has 2 heterocycles. The predicted octanol–water partition coefficient (Wildman–Crippen LogP) is 1.18. The van der Waals surface area contributed by atoms with E-state index in [1.165, 1.54) is 12.1 Å². The van der Waals surface area contributed by atoms with Gasteiger partial charge in [-0.1, -0.05) is 0 Å². The zero-order valence-corrected chi connectivity index (χ0v) is 13.5. The Hall–Kier alpha value is -1.87. The second-order valence-electron chi connectivity index (χ2n) is 6.03. The summed E-state index contributed by atoms with van der Waals surface area (Å²) in [6, 6.07) is 4.38. The maximum Gasteiger partial charge on any atom is 0.292 e. The number of nitrogens with two attached hydrogens (primary N) is 1. The molecule has 3 rings (SSSR count). The molecule has 0 spiro atoms. The van der Waals surface area contributed by atoms with Crippen LogP contribution in [0.5, 0.6) is 0 Å². The van der Waals surface area contributed by atoms with Crippen LogP contribution in [0.4, 0.5) is 17.1 Å². The van der Waals surface area contributed by atoms with Gasteiger partial charge < -0.3 is 10.6 Å². The Morgan fingerprint density at radius 1 is 1.26 bits per heavy atom. The number of hydrogen-bond donors (Lipinski definition) is 1. The molecule has 8 nitrogen and oxygen atoms in total. The third-order valence-corrected chi connectivity index (χ3v) is 6.48. The highest BCUT2D eigenvalue weighted by atomic mass is 32.2. The minimum absolute atomic E-state index is 0.00382. The lowest BCUT2D eigenvalue weighted by molar-refractivity contribution is -0.384. The van der Waals surface area contributed by atoms with Gasteiger partial charge in [0.25, 0.3) is 5.69 Å². The summed E-state index contributed by atoms with van der Waals surface area (Å²) in [5.74, 6) is 0.196. The van der Waals surface area contributed by atoms with E-state index in [1.807, 2.05) is 4.90 Å². The highest BCUT2D eigenvalue weighted by molar-refractivity contribution is 7.89. The summed E-state index contributed by atoms with van der Waals surface area (Å²) < 4.78 is 25.8. The van der Waals surface area contributed by atoms with Crippen molar-refractivity contribution in [3.8, 4) is 0 Å². The number of nitro benzene ring substituents is 1. The zero-order valence-electron chi connectivity index (χ0n) is 12.7. The van der Waals surface area contributed by atoms with E-state index in [1.54, 1.807) is 10.4 Å². The molecule has 0 aliphatic carbocycles. The molecule has 9 heteroatoms. The highest BCUT2D eigenvalue weighted by Gasteiger charge is 2.37. The fourth-order valence-corrected chi connectivity index (χ4v) is 5.19. The Kier molecular flexibility index (Phi) is 4.15. The molecule has 2 N–H and O–H groups in total. The molecular weight excluding hydrogens is 320 g/mol. The normalized spacial score (nSPS) is 24.7. The largest absolute Gasteiger partial charge is 0.399 e. The summed E-state index contributed by atoms with van der Waals surface area (Å²) in [7, 11) is -3.18. The van der Waals surface area contributed by atoms with Crippen molar-refractivity contribution in [2.75, 3.05) is 36.0 Å². The number of nitrogen functional groups attached to an aromatic ring is 1. The van der Waals surface area contributed by atoms with Crippen LogP contribution in [0.15, 0.2) is 18.2 Å². The van der Waals surface area contributed by atoms with Gasteiger partial charge in [0.15, 0.2) is 0 Å². The van der Waals surface area contributed by atoms with Gasteiger partial charge in [0, 0.05) is 37.4 Å². The van der Waals surface area contributed by atoms with Crippen LogP contribution in [0, 0.1) is 10.1 Å². The molecule has 1 atom stereocenters. The molecule has 1 aromatic rings. The Bertz CT molecular complexity index is 721. The summed E-state index contributed by atoms with van der Waals surface area (Å²) in [4.78, 5) is 12.7. The summed E-state index contributed by atoms with van der Waals surface area (Å²) in [6.45, 7) is 1.66. The predicted molar refractivity (Wildman–Crippen MR) is 87.9 cm³/mol. The Morgan fingerprint density at radius 2 is 2.04 bits per heavy atom. The highest BCUT2D eigenvalue weighted by Crippen LogP contribution is 2.33. The van der Waals surface area contributed by atoms with Gasteiger partial charge in [-0.15, -0.1) is 0 Å². The van der Waals surface area contributed by atoms with Crippen LogP contribution in [0.25, 0.3) is 0 Å². The average molecular weight is 340 g/mol. The second-order valence-corrected chi connectivity index (χ2v) is 8.07. The summed E-state index contributed by atoms with van der Waals surface area (Å²) in [5.41, 5.74) is 6.71. The molecule has 0 radical (unpaired) electrons. The first-order chi connectivity index (χ1) is 10.9. The fraction of sp³-hybridized carbons (Fsp3) is 0.571. The van der Waals surface area contributed by atoms with E-state index in [2.05, 4.69) is 0 Å². The van der Waals surface area contributed by atoms with Crippen LogP contribution in [0.1, 0.15) is 19.3 Å². The standard InChI is InChI=1S/C14H20N4O4S/c15-11-4-5-13(18(19)20)14(9-11)16-6-1-3-12(10-16)17-7-2-8-23(17,21)22/h4-5,9,12H,1-3,6-8,10,15H2. The van der Waals surface area contributed by atoms with Crippen molar-refractivity contribution in [1.82, 2.24) is 4.31 Å². The molecule has 2 fully saturated rings. The van der Waals surface area contributed by atoms with E-state index in [9.17, 15) is 18.5 Å². The lowest BCUT2D eigenvalue weighted by atomic mass is 10.0.